The maximum atomic E-state index is 13.1. The number of nitrogens with two attached hydrogens (primary N) is 1. The van der Waals surface area contributed by atoms with Crippen molar-refractivity contribution in [3.05, 3.63) is 34.9 Å². The summed E-state index contributed by atoms with van der Waals surface area (Å²) < 4.78 is 77.3. The van der Waals surface area contributed by atoms with Crippen molar-refractivity contribution in [1.82, 2.24) is 0 Å². The van der Waals surface area contributed by atoms with Gasteiger partial charge in [0.05, 0.1) is 23.3 Å². The normalized spacial score (nSPS) is 19.8. The van der Waals surface area contributed by atoms with Crippen LogP contribution in [0.15, 0.2) is 18.2 Å². The van der Waals surface area contributed by atoms with Crippen LogP contribution in [-0.4, -0.2) is 11.2 Å². The highest BCUT2D eigenvalue weighted by molar-refractivity contribution is 5.38. The molecule has 0 aliphatic heterocycles. The molecule has 2 rings (SSSR count). The first-order chi connectivity index (χ1) is 10.5. The van der Waals surface area contributed by atoms with Gasteiger partial charge in [-0.25, -0.2) is 0 Å². The van der Waals surface area contributed by atoms with E-state index in [-0.39, 0.29) is 12.0 Å². The average Bonchev–Trinajstić information content (AvgIpc) is 2.97. The van der Waals surface area contributed by atoms with Gasteiger partial charge in [-0.05, 0) is 36.5 Å². The van der Waals surface area contributed by atoms with Crippen LogP contribution in [0.2, 0.25) is 0 Å². The Balaban J connectivity index is 2.40. The summed E-state index contributed by atoms with van der Waals surface area (Å²) in [5, 5.41) is 10.2. The predicted octanol–water partition coefficient (Wildman–Crippen LogP) is 4.28. The van der Waals surface area contributed by atoms with Crippen molar-refractivity contribution in [2.45, 2.75) is 50.2 Å². The minimum absolute atomic E-state index is 0.0521. The van der Waals surface area contributed by atoms with Gasteiger partial charge in [0, 0.05) is 0 Å². The highest BCUT2D eigenvalue weighted by Crippen LogP contribution is 2.41. The summed E-state index contributed by atoms with van der Waals surface area (Å²) in [4.78, 5) is 0. The second-order valence-corrected chi connectivity index (χ2v) is 5.86. The standard InChI is InChI=1S/C15H17F6NO/c16-14(17,18)9-5-6-10(11(7-9)15(19,20)21)12(22)13(23)8-3-1-2-4-8/h5-8,12-13,23H,1-4,22H2/t12-,13+/m0/s1. The summed E-state index contributed by atoms with van der Waals surface area (Å²) in [6.45, 7) is 0. The van der Waals surface area contributed by atoms with E-state index in [1.54, 1.807) is 0 Å². The fourth-order valence-corrected chi connectivity index (χ4v) is 3.04. The van der Waals surface area contributed by atoms with E-state index in [2.05, 4.69) is 0 Å². The maximum absolute atomic E-state index is 13.1. The molecule has 1 aromatic rings. The number of halogens is 6. The lowest BCUT2D eigenvalue weighted by Gasteiger charge is -2.27. The van der Waals surface area contributed by atoms with Crippen molar-refractivity contribution in [2.24, 2.45) is 11.7 Å². The first-order valence-electron chi connectivity index (χ1n) is 7.24. The van der Waals surface area contributed by atoms with Crippen LogP contribution in [-0.2, 0) is 12.4 Å². The first-order valence-corrected chi connectivity index (χ1v) is 7.24. The molecule has 1 aliphatic carbocycles. The molecular formula is C15H17F6NO. The third kappa shape index (κ3) is 3.98. The highest BCUT2D eigenvalue weighted by Gasteiger charge is 2.40. The lowest BCUT2D eigenvalue weighted by atomic mass is 9.88. The predicted molar refractivity (Wildman–Crippen MR) is 71.3 cm³/mol. The van der Waals surface area contributed by atoms with Crippen molar-refractivity contribution in [3.8, 4) is 0 Å². The SMILES string of the molecule is N[C@@H](c1ccc(C(F)(F)F)cc1C(F)(F)F)[C@H](O)C1CCCC1. The lowest BCUT2D eigenvalue weighted by Crippen LogP contribution is -2.33. The molecule has 0 unspecified atom stereocenters. The van der Waals surface area contributed by atoms with Gasteiger partial charge in [0.25, 0.3) is 0 Å². The summed E-state index contributed by atoms with van der Waals surface area (Å²) in [5.41, 5.74) is 2.39. The number of aliphatic hydroxyl groups is 1. The Morgan fingerprint density at radius 1 is 1.00 bits per heavy atom. The van der Waals surface area contributed by atoms with Gasteiger partial charge >= 0.3 is 12.4 Å². The fraction of sp³-hybridized carbons (Fsp3) is 0.600. The van der Waals surface area contributed by atoms with Crippen molar-refractivity contribution in [2.75, 3.05) is 0 Å². The third-order valence-corrected chi connectivity index (χ3v) is 4.30. The van der Waals surface area contributed by atoms with Gasteiger partial charge in [-0.2, -0.15) is 26.3 Å². The minimum Gasteiger partial charge on any atom is -0.391 e. The lowest BCUT2D eigenvalue weighted by molar-refractivity contribution is -0.143. The molecule has 130 valence electrons. The molecule has 0 aromatic heterocycles. The molecular weight excluding hydrogens is 324 g/mol. The van der Waals surface area contributed by atoms with Crippen molar-refractivity contribution >= 4 is 0 Å². The van der Waals surface area contributed by atoms with E-state index < -0.39 is 41.2 Å². The monoisotopic (exact) mass is 341 g/mol. The molecule has 8 heteroatoms. The van der Waals surface area contributed by atoms with Crippen molar-refractivity contribution in [3.63, 3.8) is 0 Å². The van der Waals surface area contributed by atoms with Gasteiger partial charge in [-0.3, -0.25) is 0 Å². The van der Waals surface area contributed by atoms with E-state index in [0.29, 0.717) is 25.0 Å². The molecule has 3 N–H and O–H groups in total. The number of rotatable bonds is 3. The zero-order valence-corrected chi connectivity index (χ0v) is 12.1. The Bertz CT molecular complexity index is 548. The fourth-order valence-electron chi connectivity index (χ4n) is 3.04. The van der Waals surface area contributed by atoms with E-state index in [4.69, 9.17) is 5.73 Å². The summed E-state index contributed by atoms with van der Waals surface area (Å²) in [6.07, 6.45) is -8.07. The molecule has 0 spiro atoms. The Morgan fingerprint density at radius 3 is 2.04 bits per heavy atom. The van der Waals surface area contributed by atoms with Crippen LogP contribution in [0.5, 0.6) is 0 Å². The molecule has 2 nitrogen and oxygen atoms in total. The Kier molecular flexibility index (Phi) is 4.96. The van der Waals surface area contributed by atoms with Crippen LogP contribution in [0.4, 0.5) is 26.3 Å². The second-order valence-electron chi connectivity index (χ2n) is 5.86. The molecule has 1 aliphatic rings. The molecule has 0 amide bonds. The average molecular weight is 341 g/mol. The quantitative estimate of drug-likeness (QED) is 0.807. The van der Waals surface area contributed by atoms with Crippen LogP contribution in [0.3, 0.4) is 0 Å². The molecule has 0 saturated heterocycles. The summed E-state index contributed by atoms with van der Waals surface area (Å²) in [6, 6.07) is -0.0476. The molecule has 0 bridgehead atoms. The highest BCUT2D eigenvalue weighted by atomic mass is 19.4. The number of aliphatic hydroxyl groups excluding tert-OH is 1. The Hall–Kier alpha value is -1.28. The summed E-state index contributed by atoms with van der Waals surface area (Å²) >= 11 is 0. The Morgan fingerprint density at radius 2 is 1.57 bits per heavy atom. The molecule has 0 heterocycles. The van der Waals surface area contributed by atoms with Crippen molar-refractivity contribution in [1.29, 1.82) is 0 Å². The minimum atomic E-state index is -4.98. The number of alkyl halides is 6. The van der Waals surface area contributed by atoms with E-state index >= 15 is 0 Å². The maximum Gasteiger partial charge on any atom is 0.416 e. The molecule has 1 aromatic carbocycles. The topological polar surface area (TPSA) is 46.2 Å². The second kappa shape index (κ2) is 6.32. The van der Waals surface area contributed by atoms with Crippen LogP contribution in [0, 0.1) is 5.92 Å². The zero-order chi connectivity index (χ0) is 17.4. The van der Waals surface area contributed by atoms with Crippen LogP contribution < -0.4 is 5.73 Å². The van der Waals surface area contributed by atoms with Gasteiger partial charge in [0.15, 0.2) is 0 Å². The summed E-state index contributed by atoms with van der Waals surface area (Å²) in [7, 11) is 0. The zero-order valence-electron chi connectivity index (χ0n) is 12.1. The van der Waals surface area contributed by atoms with Gasteiger partial charge in [0.2, 0.25) is 0 Å². The Labute approximate surface area is 129 Å². The largest absolute Gasteiger partial charge is 0.416 e. The molecule has 0 radical (unpaired) electrons. The van der Waals surface area contributed by atoms with Crippen molar-refractivity contribution < 1.29 is 31.4 Å². The molecule has 1 saturated carbocycles. The van der Waals surface area contributed by atoms with E-state index in [0.717, 1.165) is 12.8 Å². The number of hydrogen-bond donors (Lipinski definition) is 2. The number of hydrogen-bond acceptors (Lipinski definition) is 2. The molecule has 1 fully saturated rings. The first kappa shape index (κ1) is 18.1. The van der Waals surface area contributed by atoms with E-state index in [1.165, 1.54) is 0 Å². The smallest absolute Gasteiger partial charge is 0.391 e. The van der Waals surface area contributed by atoms with Gasteiger partial charge in [-0.15, -0.1) is 0 Å². The van der Waals surface area contributed by atoms with Gasteiger partial charge in [-0.1, -0.05) is 18.9 Å². The number of benzene rings is 1. The van der Waals surface area contributed by atoms with E-state index in [9.17, 15) is 31.4 Å². The van der Waals surface area contributed by atoms with Crippen LogP contribution >= 0.6 is 0 Å². The molecule has 23 heavy (non-hydrogen) atoms. The third-order valence-electron chi connectivity index (χ3n) is 4.30. The van der Waals surface area contributed by atoms with Crippen LogP contribution in [0.1, 0.15) is 48.4 Å². The molecule has 2 atom stereocenters. The van der Waals surface area contributed by atoms with Gasteiger partial charge < -0.3 is 10.8 Å². The van der Waals surface area contributed by atoms with E-state index in [1.807, 2.05) is 0 Å². The van der Waals surface area contributed by atoms with Gasteiger partial charge in [0.1, 0.15) is 0 Å². The van der Waals surface area contributed by atoms with Crippen LogP contribution in [0.25, 0.3) is 0 Å². The summed E-state index contributed by atoms with van der Waals surface area (Å²) in [5.74, 6) is -0.228.